The summed E-state index contributed by atoms with van der Waals surface area (Å²) < 4.78 is 14.6. The first-order chi connectivity index (χ1) is 7.08. The molecule has 0 aliphatic carbocycles. The fourth-order valence-corrected chi connectivity index (χ4v) is 1.51. The van der Waals surface area contributed by atoms with E-state index in [1.807, 2.05) is 0 Å². The standard InChI is InChI=1S/C9H9FN4S/c1-5-2-6(4-7(10)3-5)8-12-13-9(15)14(8)11/h2-4H,11H2,1H3,(H,13,15). The number of benzene rings is 1. The third-order valence-corrected chi connectivity index (χ3v) is 2.29. The molecule has 1 aromatic carbocycles. The van der Waals surface area contributed by atoms with Crippen LogP contribution in [-0.2, 0) is 0 Å². The Morgan fingerprint density at radius 3 is 2.73 bits per heavy atom. The van der Waals surface area contributed by atoms with E-state index in [0.29, 0.717) is 16.2 Å². The van der Waals surface area contributed by atoms with Crippen molar-refractivity contribution < 1.29 is 4.39 Å². The number of aryl methyl sites for hydroxylation is 1. The molecule has 0 spiro atoms. The van der Waals surface area contributed by atoms with Crippen molar-refractivity contribution in [2.24, 2.45) is 0 Å². The second kappa shape index (κ2) is 3.47. The number of nitrogens with two attached hydrogens (primary N) is 1. The van der Waals surface area contributed by atoms with Gasteiger partial charge in [-0.3, -0.25) is 0 Å². The van der Waals surface area contributed by atoms with Gasteiger partial charge in [-0.25, -0.2) is 14.2 Å². The molecule has 0 aliphatic rings. The average molecular weight is 224 g/mol. The normalized spacial score (nSPS) is 10.5. The fraction of sp³-hybridized carbons (Fsp3) is 0.111. The van der Waals surface area contributed by atoms with Crippen LogP contribution >= 0.6 is 12.2 Å². The molecule has 0 bridgehead atoms. The van der Waals surface area contributed by atoms with Crippen LogP contribution in [0.1, 0.15) is 5.56 Å². The van der Waals surface area contributed by atoms with E-state index in [0.717, 1.165) is 5.56 Å². The third-order valence-electron chi connectivity index (χ3n) is 2.00. The Bertz CT molecular complexity index is 537. The molecule has 3 N–H and O–H groups in total. The minimum absolute atomic E-state index is 0.298. The Morgan fingerprint density at radius 2 is 2.20 bits per heavy atom. The van der Waals surface area contributed by atoms with Crippen LogP contribution in [0, 0.1) is 17.5 Å². The van der Waals surface area contributed by atoms with Crippen molar-refractivity contribution in [2.75, 3.05) is 5.84 Å². The lowest BCUT2D eigenvalue weighted by Gasteiger charge is -2.02. The zero-order chi connectivity index (χ0) is 11.0. The van der Waals surface area contributed by atoms with Crippen LogP contribution in [0.2, 0.25) is 0 Å². The molecular weight excluding hydrogens is 215 g/mol. The van der Waals surface area contributed by atoms with Crippen molar-refractivity contribution in [3.8, 4) is 11.4 Å². The number of halogens is 1. The van der Waals surface area contributed by atoms with E-state index in [1.165, 1.54) is 16.8 Å². The van der Waals surface area contributed by atoms with Gasteiger partial charge >= 0.3 is 0 Å². The molecule has 0 radical (unpaired) electrons. The monoisotopic (exact) mass is 224 g/mol. The minimum Gasteiger partial charge on any atom is -0.335 e. The summed E-state index contributed by atoms with van der Waals surface area (Å²) in [4.78, 5) is 0. The third kappa shape index (κ3) is 1.75. The molecule has 4 nitrogen and oxygen atoms in total. The molecule has 1 heterocycles. The number of nitrogen functional groups attached to an aromatic ring is 1. The number of hydrogen-bond donors (Lipinski definition) is 2. The fourth-order valence-electron chi connectivity index (χ4n) is 1.37. The molecule has 0 amide bonds. The Hall–Kier alpha value is -1.69. The lowest BCUT2D eigenvalue weighted by Crippen LogP contribution is -2.10. The molecule has 2 rings (SSSR count). The highest BCUT2D eigenvalue weighted by molar-refractivity contribution is 7.71. The number of aromatic nitrogens is 3. The van der Waals surface area contributed by atoms with E-state index in [2.05, 4.69) is 10.2 Å². The Kier molecular flexibility index (Phi) is 2.28. The smallest absolute Gasteiger partial charge is 0.214 e. The van der Waals surface area contributed by atoms with E-state index >= 15 is 0 Å². The second-order valence-corrected chi connectivity index (χ2v) is 3.63. The van der Waals surface area contributed by atoms with Gasteiger partial charge in [0.25, 0.3) is 0 Å². The summed E-state index contributed by atoms with van der Waals surface area (Å²) in [5.41, 5.74) is 1.40. The summed E-state index contributed by atoms with van der Waals surface area (Å²) >= 11 is 4.87. The topological polar surface area (TPSA) is 59.6 Å². The number of H-pyrrole nitrogens is 1. The van der Waals surface area contributed by atoms with E-state index in [-0.39, 0.29) is 5.82 Å². The summed E-state index contributed by atoms with van der Waals surface area (Å²) in [5.74, 6) is 5.73. The summed E-state index contributed by atoms with van der Waals surface area (Å²) in [5, 5.41) is 6.46. The summed E-state index contributed by atoms with van der Waals surface area (Å²) in [6, 6.07) is 4.59. The maximum Gasteiger partial charge on any atom is 0.214 e. The van der Waals surface area contributed by atoms with Gasteiger partial charge in [0, 0.05) is 5.56 Å². The van der Waals surface area contributed by atoms with Crippen LogP contribution in [0.15, 0.2) is 18.2 Å². The van der Waals surface area contributed by atoms with Crippen molar-refractivity contribution >= 4 is 12.2 Å². The molecule has 0 fully saturated rings. The van der Waals surface area contributed by atoms with Gasteiger partial charge in [-0.2, -0.15) is 5.10 Å². The predicted octanol–water partition coefficient (Wildman–Crippen LogP) is 1.77. The molecule has 0 unspecified atom stereocenters. The predicted molar refractivity (Wildman–Crippen MR) is 57.7 cm³/mol. The van der Waals surface area contributed by atoms with Crippen LogP contribution in [0.4, 0.5) is 4.39 Å². The highest BCUT2D eigenvalue weighted by Crippen LogP contribution is 2.18. The van der Waals surface area contributed by atoms with Crippen LogP contribution in [0.25, 0.3) is 11.4 Å². The van der Waals surface area contributed by atoms with Gasteiger partial charge in [0.2, 0.25) is 4.77 Å². The Morgan fingerprint density at radius 1 is 1.47 bits per heavy atom. The maximum atomic E-state index is 13.1. The van der Waals surface area contributed by atoms with Crippen molar-refractivity contribution in [3.63, 3.8) is 0 Å². The molecule has 0 atom stereocenters. The first-order valence-corrected chi connectivity index (χ1v) is 4.69. The van der Waals surface area contributed by atoms with E-state index < -0.39 is 0 Å². The summed E-state index contributed by atoms with van der Waals surface area (Å²) in [6.45, 7) is 1.80. The van der Waals surface area contributed by atoms with Gasteiger partial charge in [0.1, 0.15) is 5.82 Å². The van der Waals surface area contributed by atoms with Crippen molar-refractivity contribution in [1.29, 1.82) is 0 Å². The number of hydrogen-bond acceptors (Lipinski definition) is 3. The van der Waals surface area contributed by atoms with Gasteiger partial charge in [0.05, 0.1) is 0 Å². The molecule has 78 valence electrons. The van der Waals surface area contributed by atoms with Gasteiger partial charge in [0.15, 0.2) is 5.82 Å². The highest BCUT2D eigenvalue weighted by atomic mass is 32.1. The first-order valence-electron chi connectivity index (χ1n) is 4.28. The number of rotatable bonds is 1. The Balaban J connectivity index is 2.63. The molecule has 0 saturated carbocycles. The van der Waals surface area contributed by atoms with Crippen molar-refractivity contribution in [2.45, 2.75) is 6.92 Å². The molecule has 0 saturated heterocycles. The maximum absolute atomic E-state index is 13.1. The van der Waals surface area contributed by atoms with Crippen molar-refractivity contribution in [3.05, 3.63) is 34.4 Å². The van der Waals surface area contributed by atoms with Gasteiger partial charge in [-0.15, -0.1) is 0 Å². The minimum atomic E-state index is -0.320. The lowest BCUT2D eigenvalue weighted by molar-refractivity contribution is 0.627. The van der Waals surface area contributed by atoms with Gasteiger partial charge in [-0.05, 0) is 42.9 Å². The zero-order valence-corrected chi connectivity index (χ0v) is 8.81. The highest BCUT2D eigenvalue weighted by Gasteiger charge is 2.07. The molecule has 6 heteroatoms. The number of nitrogens with one attached hydrogen (secondary N) is 1. The van der Waals surface area contributed by atoms with Gasteiger partial charge < -0.3 is 5.84 Å². The van der Waals surface area contributed by atoms with Crippen molar-refractivity contribution in [1.82, 2.24) is 14.9 Å². The largest absolute Gasteiger partial charge is 0.335 e. The summed E-state index contributed by atoms with van der Waals surface area (Å²) in [6.07, 6.45) is 0. The quantitative estimate of drug-likeness (QED) is 0.573. The average Bonchev–Trinajstić information content (AvgIpc) is 2.46. The van der Waals surface area contributed by atoms with Gasteiger partial charge in [-0.1, -0.05) is 0 Å². The SMILES string of the molecule is Cc1cc(F)cc(-c2n[nH]c(=S)n2N)c1. The van der Waals surface area contributed by atoms with E-state index in [1.54, 1.807) is 13.0 Å². The number of aromatic amines is 1. The lowest BCUT2D eigenvalue weighted by atomic mass is 10.1. The van der Waals surface area contributed by atoms with Crippen LogP contribution in [0.5, 0.6) is 0 Å². The molecule has 15 heavy (non-hydrogen) atoms. The second-order valence-electron chi connectivity index (χ2n) is 3.24. The van der Waals surface area contributed by atoms with Crippen LogP contribution < -0.4 is 5.84 Å². The van der Waals surface area contributed by atoms with E-state index in [4.69, 9.17) is 18.1 Å². The zero-order valence-electron chi connectivity index (χ0n) is 7.99. The summed E-state index contributed by atoms with van der Waals surface area (Å²) in [7, 11) is 0. The molecule has 2 aromatic rings. The molecule has 1 aromatic heterocycles. The van der Waals surface area contributed by atoms with E-state index in [9.17, 15) is 4.39 Å². The van der Waals surface area contributed by atoms with Crippen LogP contribution in [0.3, 0.4) is 0 Å². The molecule has 0 aliphatic heterocycles. The number of nitrogens with zero attached hydrogens (tertiary/aromatic N) is 2. The molecular formula is C9H9FN4S. The first kappa shape index (κ1) is 9.85. The Labute approximate surface area is 90.5 Å². The van der Waals surface area contributed by atoms with Crippen LogP contribution in [-0.4, -0.2) is 14.9 Å².